The van der Waals surface area contributed by atoms with Crippen LogP contribution in [0.3, 0.4) is 0 Å². The van der Waals surface area contributed by atoms with Crippen molar-refractivity contribution in [2.24, 2.45) is 0 Å². The second-order valence-electron chi connectivity index (χ2n) is 6.20. The molecule has 3 aromatic rings. The van der Waals surface area contributed by atoms with Crippen molar-refractivity contribution in [2.45, 2.75) is 18.8 Å². The normalized spacial score (nSPS) is 18.0. The van der Waals surface area contributed by atoms with Crippen LogP contribution in [0.2, 0.25) is 0 Å². The molecule has 1 aliphatic rings. The van der Waals surface area contributed by atoms with Crippen LogP contribution in [0.5, 0.6) is 0 Å². The summed E-state index contributed by atoms with van der Waals surface area (Å²) < 4.78 is 10.4. The molecule has 130 valence electrons. The van der Waals surface area contributed by atoms with Crippen LogP contribution in [-0.4, -0.2) is 57.7 Å². The maximum atomic E-state index is 12.0. The van der Waals surface area contributed by atoms with Crippen LogP contribution in [-0.2, 0) is 9.53 Å². The Morgan fingerprint density at radius 3 is 3.28 bits per heavy atom. The van der Waals surface area contributed by atoms with Gasteiger partial charge in [-0.25, -0.2) is 4.98 Å². The molecule has 2 aromatic heterocycles. The highest BCUT2D eigenvalue weighted by Crippen LogP contribution is 2.28. The van der Waals surface area contributed by atoms with Gasteiger partial charge in [-0.15, -0.1) is 0 Å². The fraction of sp³-hybridized carbons (Fsp3) is 0.412. The van der Waals surface area contributed by atoms with Gasteiger partial charge in [0.25, 0.3) is 0 Å². The van der Waals surface area contributed by atoms with E-state index in [-0.39, 0.29) is 18.4 Å². The van der Waals surface area contributed by atoms with Crippen molar-refractivity contribution in [1.82, 2.24) is 25.0 Å². The van der Waals surface area contributed by atoms with Gasteiger partial charge in [0.05, 0.1) is 23.3 Å². The predicted octanol–water partition coefficient (Wildman–Crippen LogP) is 1.97. The topological polar surface area (TPSA) is 97.1 Å². The van der Waals surface area contributed by atoms with E-state index < -0.39 is 0 Å². The van der Waals surface area contributed by atoms with E-state index in [4.69, 9.17) is 9.26 Å². The molecule has 4 rings (SSSR count). The standard InChI is InChI=1S/C17H19N5O3/c1-24-9-15(23)22-6-2-3-12(8-22)17-20-16(21-25-17)11-4-5-13-14(7-11)19-10-18-13/h4-5,7,10,12H,2-3,6,8-9H2,1H3,(H,18,19)/t12-/m0/s1. The van der Waals surface area contributed by atoms with Gasteiger partial charge in [0.2, 0.25) is 17.6 Å². The number of piperidine rings is 1. The van der Waals surface area contributed by atoms with E-state index in [1.54, 1.807) is 11.2 Å². The number of amides is 1. The molecule has 1 amide bonds. The lowest BCUT2D eigenvalue weighted by Gasteiger charge is -2.30. The highest BCUT2D eigenvalue weighted by molar-refractivity contribution is 5.80. The van der Waals surface area contributed by atoms with E-state index in [0.717, 1.165) is 36.0 Å². The molecule has 1 aliphatic heterocycles. The molecule has 8 nitrogen and oxygen atoms in total. The molecule has 25 heavy (non-hydrogen) atoms. The van der Waals surface area contributed by atoms with Gasteiger partial charge in [0.15, 0.2) is 0 Å². The monoisotopic (exact) mass is 341 g/mol. The van der Waals surface area contributed by atoms with Gasteiger partial charge in [-0.3, -0.25) is 4.79 Å². The number of nitrogens with zero attached hydrogens (tertiary/aromatic N) is 4. The number of methoxy groups -OCH3 is 1. The highest BCUT2D eigenvalue weighted by Gasteiger charge is 2.28. The molecule has 0 unspecified atom stereocenters. The summed E-state index contributed by atoms with van der Waals surface area (Å²) in [6.07, 6.45) is 3.50. The Balaban J connectivity index is 1.53. The number of fused-ring (bicyclic) bond motifs is 1. The van der Waals surface area contributed by atoms with Crippen LogP contribution < -0.4 is 0 Å². The third-order valence-electron chi connectivity index (χ3n) is 4.51. The zero-order valence-corrected chi connectivity index (χ0v) is 13.9. The van der Waals surface area contributed by atoms with Crippen LogP contribution in [0, 0.1) is 0 Å². The first-order valence-corrected chi connectivity index (χ1v) is 8.28. The number of carbonyl (C=O) groups excluding carboxylic acids is 1. The van der Waals surface area contributed by atoms with E-state index >= 15 is 0 Å². The first kappa shape index (κ1) is 15.8. The molecule has 8 heteroatoms. The van der Waals surface area contributed by atoms with Crippen molar-refractivity contribution >= 4 is 16.9 Å². The number of nitrogens with one attached hydrogen (secondary N) is 1. The molecule has 0 bridgehead atoms. The summed E-state index contributed by atoms with van der Waals surface area (Å²) in [5, 5.41) is 4.11. The molecule has 1 N–H and O–H groups in total. The zero-order valence-electron chi connectivity index (χ0n) is 13.9. The van der Waals surface area contributed by atoms with E-state index in [1.165, 1.54) is 7.11 Å². The summed E-state index contributed by atoms with van der Waals surface area (Å²) in [6.45, 7) is 1.44. The number of imidazole rings is 1. The Kier molecular flexibility index (Phi) is 4.19. The number of likely N-dealkylation sites (tertiary alicyclic amines) is 1. The molecule has 1 fully saturated rings. The maximum absolute atomic E-state index is 12.0. The molecule has 0 spiro atoms. The number of aromatic nitrogens is 4. The predicted molar refractivity (Wildman–Crippen MR) is 89.8 cm³/mol. The van der Waals surface area contributed by atoms with Gasteiger partial charge < -0.3 is 19.1 Å². The quantitative estimate of drug-likeness (QED) is 0.779. The number of benzene rings is 1. The highest BCUT2D eigenvalue weighted by atomic mass is 16.5. The van der Waals surface area contributed by atoms with Crippen molar-refractivity contribution in [1.29, 1.82) is 0 Å². The Morgan fingerprint density at radius 2 is 2.40 bits per heavy atom. The molecular formula is C17H19N5O3. The fourth-order valence-corrected chi connectivity index (χ4v) is 3.21. The number of ether oxygens (including phenoxy) is 1. The van der Waals surface area contributed by atoms with Crippen molar-refractivity contribution < 1.29 is 14.1 Å². The minimum atomic E-state index is -0.00312. The van der Waals surface area contributed by atoms with Gasteiger partial charge >= 0.3 is 0 Å². The first-order valence-electron chi connectivity index (χ1n) is 8.28. The molecular weight excluding hydrogens is 322 g/mol. The van der Waals surface area contributed by atoms with Crippen LogP contribution in [0.4, 0.5) is 0 Å². The first-order chi connectivity index (χ1) is 12.2. The molecule has 1 atom stereocenters. The summed E-state index contributed by atoms with van der Waals surface area (Å²) in [5.74, 6) is 1.18. The van der Waals surface area contributed by atoms with Crippen LogP contribution in [0.1, 0.15) is 24.7 Å². The largest absolute Gasteiger partial charge is 0.375 e. The molecule has 1 aromatic carbocycles. The number of rotatable bonds is 4. The van der Waals surface area contributed by atoms with Crippen molar-refractivity contribution in [3.05, 3.63) is 30.4 Å². The Hall–Kier alpha value is -2.74. The van der Waals surface area contributed by atoms with Crippen molar-refractivity contribution in [3.63, 3.8) is 0 Å². The molecule has 0 aliphatic carbocycles. The number of hydrogen-bond donors (Lipinski definition) is 1. The van der Waals surface area contributed by atoms with Crippen LogP contribution in [0.15, 0.2) is 29.0 Å². The Morgan fingerprint density at radius 1 is 1.48 bits per heavy atom. The SMILES string of the molecule is COCC(=O)N1CCC[C@H](c2nc(-c3ccc4nc[nH]c4c3)no2)C1. The van der Waals surface area contributed by atoms with Gasteiger partial charge in [-0.2, -0.15) is 4.98 Å². The summed E-state index contributed by atoms with van der Waals surface area (Å²) in [5.41, 5.74) is 2.69. The maximum Gasteiger partial charge on any atom is 0.248 e. The minimum absolute atomic E-state index is 0.00312. The lowest BCUT2D eigenvalue weighted by Crippen LogP contribution is -2.40. The van der Waals surface area contributed by atoms with Gasteiger partial charge in [0.1, 0.15) is 6.61 Å². The Bertz CT molecular complexity index is 887. The number of hydrogen-bond acceptors (Lipinski definition) is 6. The minimum Gasteiger partial charge on any atom is -0.375 e. The number of H-pyrrole nitrogens is 1. The van der Waals surface area contributed by atoms with Crippen LogP contribution >= 0.6 is 0 Å². The van der Waals surface area contributed by atoms with E-state index in [9.17, 15) is 4.79 Å². The second-order valence-corrected chi connectivity index (χ2v) is 6.20. The van der Waals surface area contributed by atoms with Crippen molar-refractivity contribution in [3.8, 4) is 11.4 Å². The third-order valence-corrected chi connectivity index (χ3v) is 4.51. The Labute approximate surface area is 144 Å². The summed E-state index contributed by atoms with van der Waals surface area (Å²) in [4.78, 5) is 25.7. The average molecular weight is 341 g/mol. The lowest BCUT2D eigenvalue weighted by atomic mass is 9.98. The van der Waals surface area contributed by atoms with Crippen LogP contribution in [0.25, 0.3) is 22.4 Å². The summed E-state index contributed by atoms with van der Waals surface area (Å²) >= 11 is 0. The van der Waals surface area contributed by atoms with E-state index in [1.807, 2.05) is 18.2 Å². The van der Waals surface area contributed by atoms with Gasteiger partial charge in [-0.1, -0.05) is 5.16 Å². The van der Waals surface area contributed by atoms with Gasteiger partial charge in [0, 0.05) is 25.8 Å². The van der Waals surface area contributed by atoms with E-state index in [0.29, 0.717) is 18.3 Å². The summed E-state index contributed by atoms with van der Waals surface area (Å²) in [7, 11) is 1.53. The lowest BCUT2D eigenvalue weighted by molar-refractivity contribution is -0.136. The summed E-state index contributed by atoms with van der Waals surface area (Å²) in [6, 6.07) is 5.79. The molecule has 0 saturated carbocycles. The zero-order chi connectivity index (χ0) is 17.2. The van der Waals surface area contributed by atoms with E-state index in [2.05, 4.69) is 20.1 Å². The number of aromatic amines is 1. The fourth-order valence-electron chi connectivity index (χ4n) is 3.21. The third kappa shape index (κ3) is 3.12. The molecule has 0 radical (unpaired) electrons. The smallest absolute Gasteiger partial charge is 0.248 e. The molecule has 3 heterocycles. The number of carbonyl (C=O) groups is 1. The van der Waals surface area contributed by atoms with Gasteiger partial charge in [-0.05, 0) is 31.0 Å². The van der Waals surface area contributed by atoms with Crippen molar-refractivity contribution in [2.75, 3.05) is 26.8 Å². The average Bonchev–Trinajstić information content (AvgIpc) is 3.31. The second kappa shape index (κ2) is 6.64. The molecule has 1 saturated heterocycles.